The molecule has 10 heteroatoms. The van der Waals surface area contributed by atoms with E-state index in [4.69, 9.17) is 20.5 Å². The van der Waals surface area contributed by atoms with E-state index >= 15 is 0 Å². The van der Waals surface area contributed by atoms with Crippen LogP contribution in [0.25, 0.3) is 0 Å². The first-order valence-electron chi connectivity index (χ1n) is 6.12. The number of ether oxygens (including phenoxy) is 1. The molecular weight excluding hydrogens is 494 g/mol. The molecule has 0 aliphatic carbocycles. The Kier molecular flexibility index (Phi) is 5.90. The first kappa shape index (κ1) is 19.2. The summed E-state index contributed by atoms with van der Waals surface area (Å²) in [6.45, 7) is 0. The van der Waals surface area contributed by atoms with Crippen molar-refractivity contribution in [3.63, 3.8) is 0 Å². The van der Waals surface area contributed by atoms with Gasteiger partial charge in [0.1, 0.15) is 10.7 Å². The monoisotopic (exact) mass is 500 g/mol. The maximum atomic E-state index is 13.2. The van der Waals surface area contributed by atoms with E-state index in [1.807, 2.05) is 0 Å². The molecule has 2 aromatic carbocycles. The first-order valence-corrected chi connectivity index (χ1v) is 9.49. The van der Waals surface area contributed by atoms with Gasteiger partial charge in [0.2, 0.25) is 0 Å². The van der Waals surface area contributed by atoms with Crippen LogP contribution in [0.1, 0.15) is 10.4 Å². The Morgan fingerprint density at radius 2 is 1.88 bits per heavy atom. The van der Waals surface area contributed by atoms with E-state index in [-0.39, 0.29) is 31.5 Å². The second-order valence-corrected chi connectivity index (χ2v) is 7.90. The van der Waals surface area contributed by atoms with Crippen molar-refractivity contribution in [3.8, 4) is 11.5 Å². The van der Waals surface area contributed by atoms with Gasteiger partial charge in [0.05, 0.1) is 16.6 Å². The van der Waals surface area contributed by atoms with E-state index < -0.39 is 15.9 Å². The van der Waals surface area contributed by atoms with Crippen LogP contribution in [0, 0.1) is 5.82 Å². The third-order valence-corrected chi connectivity index (χ3v) is 6.53. The van der Waals surface area contributed by atoms with E-state index in [0.29, 0.717) is 10.8 Å². The van der Waals surface area contributed by atoms with Crippen LogP contribution in [0.2, 0.25) is 5.02 Å². The second-order valence-electron chi connectivity index (χ2n) is 4.36. The molecule has 0 aliphatic rings. The molecule has 0 spiro atoms. The van der Waals surface area contributed by atoms with E-state index in [2.05, 4.69) is 31.9 Å². The number of benzene rings is 2. The summed E-state index contributed by atoms with van der Waals surface area (Å²) in [7, 11) is -3.02. The molecule has 0 aliphatic heterocycles. The lowest BCUT2D eigenvalue weighted by molar-refractivity contribution is 0.112. The topological polar surface area (TPSA) is 69.7 Å². The maximum absolute atomic E-state index is 13.2. The van der Waals surface area contributed by atoms with Crippen molar-refractivity contribution < 1.29 is 26.5 Å². The molecule has 0 atom stereocenters. The first-order chi connectivity index (χ1) is 11.2. The zero-order valence-corrected chi connectivity index (χ0v) is 16.6. The summed E-state index contributed by atoms with van der Waals surface area (Å²) in [5, 5.41) is -0.358. The minimum atomic E-state index is -4.31. The summed E-state index contributed by atoms with van der Waals surface area (Å²) in [6, 6.07) is 4.17. The normalized spacial score (nSPS) is 11.2. The molecule has 0 radical (unpaired) electrons. The Bertz CT molecular complexity index is 918. The summed E-state index contributed by atoms with van der Waals surface area (Å²) >= 11 is 11.9. The molecule has 0 saturated heterocycles. The highest BCUT2D eigenvalue weighted by Gasteiger charge is 2.25. The molecule has 5 nitrogen and oxygen atoms in total. The number of halogens is 4. The van der Waals surface area contributed by atoms with Crippen molar-refractivity contribution in [3.05, 3.63) is 49.6 Å². The molecule has 0 amide bonds. The third-order valence-electron chi connectivity index (χ3n) is 2.88. The highest BCUT2D eigenvalue weighted by atomic mass is 79.9. The predicted octanol–water partition coefficient (Wildman–Crippen LogP) is 4.59. The van der Waals surface area contributed by atoms with Crippen LogP contribution in [-0.2, 0) is 10.1 Å². The van der Waals surface area contributed by atoms with Crippen molar-refractivity contribution in [1.29, 1.82) is 0 Å². The SMILES string of the molecule is COc1cc(C=O)c(Br)c(Br)c1OS(=O)(=O)c1ccc(F)c(Cl)c1. The van der Waals surface area contributed by atoms with Gasteiger partial charge in [-0.15, -0.1) is 0 Å². The van der Waals surface area contributed by atoms with E-state index in [1.54, 1.807) is 0 Å². The van der Waals surface area contributed by atoms with Crippen molar-refractivity contribution in [2.45, 2.75) is 4.90 Å². The van der Waals surface area contributed by atoms with Gasteiger partial charge in [-0.25, -0.2) is 4.39 Å². The van der Waals surface area contributed by atoms with Crippen molar-refractivity contribution in [2.75, 3.05) is 7.11 Å². The Labute approximate surface area is 159 Å². The average molecular weight is 503 g/mol. The van der Waals surface area contributed by atoms with E-state index in [1.165, 1.54) is 13.2 Å². The van der Waals surface area contributed by atoms with Crippen LogP contribution in [0.3, 0.4) is 0 Å². The molecule has 0 heterocycles. The minimum absolute atomic E-state index is 0.0176. The molecule has 0 aromatic heterocycles. The molecule has 0 saturated carbocycles. The molecule has 2 rings (SSSR count). The van der Waals surface area contributed by atoms with Gasteiger partial charge in [0.25, 0.3) is 0 Å². The Morgan fingerprint density at radius 3 is 2.42 bits per heavy atom. The predicted molar refractivity (Wildman–Crippen MR) is 93.0 cm³/mol. The van der Waals surface area contributed by atoms with Crippen LogP contribution in [0.15, 0.2) is 38.1 Å². The number of aldehydes is 1. The number of methoxy groups -OCH3 is 1. The van der Waals surface area contributed by atoms with Crippen LogP contribution in [0.4, 0.5) is 4.39 Å². The average Bonchev–Trinajstić information content (AvgIpc) is 2.54. The molecule has 0 fully saturated rings. The Morgan fingerprint density at radius 1 is 1.21 bits per heavy atom. The maximum Gasteiger partial charge on any atom is 0.339 e. The summed E-state index contributed by atoms with van der Waals surface area (Å²) < 4.78 is 48.6. The zero-order valence-electron chi connectivity index (χ0n) is 11.8. The van der Waals surface area contributed by atoms with Crippen LogP contribution < -0.4 is 8.92 Å². The highest BCUT2D eigenvalue weighted by molar-refractivity contribution is 9.13. The quantitative estimate of drug-likeness (QED) is 0.442. The number of carbonyl (C=O) groups excluding carboxylic acids is 1. The van der Waals surface area contributed by atoms with Gasteiger partial charge < -0.3 is 8.92 Å². The summed E-state index contributed by atoms with van der Waals surface area (Å²) in [6.07, 6.45) is 0.565. The lowest BCUT2D eigenvalue weighted by Crippen LogP contribution is -2.11. The molecule has 0 unspecified atom stereocenters. The summed E-state index contributed by atoms with van der Waals surface area (Å²) in [5.41, 5.74) is 0.230. The van der Waals surface area contributed by atoms with Gasteiger partial charge in [0, 0.05) is 10.0 Å². The van der Waals surface area contributed by atoms with Crippen molar-refractivity contribution in [2.24, 2.45) is 0 Å². The molecule has 128 valence electrons. The van der Waals surface area contributed by atoms with E-state index in [0.717, 1.165) is 18.2 Å². The van der Waals surface area contributed by atoms with Gasteiger partial charge in [-0.3, -0.25) is 4.79 Å². The summed E-state index contributed by atoms with van der Waals surface area (Å²) in [5.74, 6) is -0.910. The highest BCUT2D eigenvalue weighted by Crippen LogP contribution is 2.43. The minimum Gasteiger partial charge on any atom is -0.493 e. The molecule has 0 N–H and O–H groups in total. The molecule has 24 heavy (non-hydrogen) atoms. The number of hydrogen-bond donors (Lipinski definition) is 0. The standard InChI is InChI=1S/C14H8Br2ClFO5S/c1-22-11-4-7(6-19)12(15)13(16)14(11)23-24(20,21)8-2-3-10(18)9(17)5-8/h2-6H,1H3. The van der Waals surface area contributed by atoms with Gasteiger partial charge in [-0.1, -0.05) is 11.6 Å². The van der Waals surface area contributed by atoms with Crippen molar-refractivity contribution >= 4 is 59.9 Å². The van der Waals surface area contributed by atoms with Crippen LogP contribution in [0.5, 0.6) is 11.5 Å². The fraction of sp³-hybridized carbons (Fsp3) is 0.0714. The zero-order chi connectivity index (χ0) is 18.1. The lowest BCUT2D eigenvalue weighted by Gasteiger charge is -2.14. The molecule has 0 bridgehead atoms. The van der Waals surface area contributed by atoms with Crippen molar-refractivity contribution in [1.82, 2.24) is 0 Å². The fourth-order valence-electron chi connectivity index (χ4n) is 1.71. The Hall–Kier alpha value is -1.16. The molecular formula is C14H8Br2ClFO5S. The molecule has 2 aromatic rings. The van der Waals surface area contributed by atoms with Gasteiger partial charge in [-0.05, 0) is 56.1 Å². The van der Waals surface area contributed by atoms with Crippen LogP contribution in [-0.4, -0.2) is 21.8 Å². The van der Waals surface area contributed by atoms with Gasteiger partial charge >= 0.3 is 10.1 Å². The van der Waals surface area contributed by atoms with Gasteiger partial charge in [-0.2, -0.15) is 8.42 Å². The fourth-order valence-corrected chi connectivity index (χ4v) is 3.93. The smallest absolute Gasteiger partial charge is 0.339 e. The second kappa shape index (κ2) is 7.38. The lowest BCUT2D eigenvalue weighted by atomic mass is 10.2. The number of hydrogen-bond acceptors (Lipinski definition) is 5. The number of rotatable bonds is 5. The van der Waals surface area contributed by atoms with Gasteiger partial charge in [0.15, 0.2) is 17.8 Å². The number of carbonyl (C=O) groups is 1. The van der Waals surface area contributed by atoms with E-state index in [9.17, 15) is 17.6 Å². The summed E-state index contributed by atoms with van der Waals surface area (Å²) in [4.78, 5) is 10.7. The third kappa shape index (κ3) is 3.74. The largest absolute Gasteiger partial charge is 0.493 e. The Balaban J connectivity index is 2.55. The van der Waals surface area contributed by atoms with Crippen LogP contribution >= 0.6 is 43.5 Å².